The highest BCUT2D eigenvalue weighted by atomic mass is 16.5. The summed E-state index contributed by atoms with van der Waals surface area (Å²) in [4.78, 5) is 31.0. The minimum atomic E-state index is -0.0756. The Morgan fingerprint density at radius 1 is 1.23 bits per heavy atom. The number of nitrogens with zero attached hydrogens (tertiary/aromatic N) is 3. The maximum absolute atomic E-state index is 13.1. The molecule has 1 aliphatic heterocycles. The van der Waals surface area contributed by atoms with Crippen LogP contribution in [0.2, 0.25) is 0 Å². The minimum absolute atomic E-state index is 0.00841. The van der Waals surface area contributed by atoms with Gasteiger partial charge in [-0.1, -0.05) is 6.92 Å². The first-order valence-electron chi connectivity index (χ1n) is 12.6. The van der Waals surface area contributed by atoms with Crippen LogP contribution >= 0.6 is 0 Å². The molecule has 0 bridgehead atoms. The molecule has 1 atom stereocenters. The number of rotatable bonds is 8. The van der Waals surface area contributed by atoms with E-state index in [0.717, 1.165) is 48.2 Å². The standard InChI is InChI=1S/C27H37N5O3/c1-6-32-19(4)23(18(3)30-32)9-12-28-26(33)17(2)20-10-13-31(14-11-20)27(34)25-15-21-7-8-22(35-5)16-24(21)29-25/h7-8,15-17,20,29H,6,9-14H2,1-5H3,(H,28,33)/t17-/m1/s1. The van der Waals surface area contributed by atoms with Gasteiger partial charge in [0.25, 0.3) is 5.91 Å². The Balaban J connectivity index is 1.27. The van der Waals surface area contributed by atoms with Crippen LogP contribution in [0.3, 0.4) is 0 Å². The number of amides is 2. The Hall–Kier alpha value is -3.29. The Morgan fingerprint density at radius 2 is 1.97 bits per heavy atom. The first-order chi connectivity index (χ1) is 16.8. The number of likely N-dealkylation sites (tertiary alicyclic amines) is 1. The first-order valence-corrected chi connectivity index (χ1v) is 12.6. The number of H-pyrrole nitrogens is 1. The summed E-state index contributed by atoms with van der Waals surface area (Å²) in [5.41, 5.74) is 4.92. The van der Waals surface area contributed by atoms with E-state index in [0.29, 0.717) is 25.3 Å². The smallest absolute Gasteiger partial charge is 0.270 e. The molecule has 2 amide bonds. The number of carbonyl (C=O) groups is 2. The van der Waals surface area contributed by atoms with Gasteiger partial charge in [-0.25, -0.2) is 0 Å². The molecule has 0 unspecified atom stereocenters. The number of carbonyl (C=O) groups excluding carboxylic acids is 2. The van der Waals surface area contributed by atoms with Gasteiger partial charge in [-0.3, -0.25) is 14.3 Å². The van der Waals surface area contributed by atoms with Crippen LogP contribution in [0, 0.1) is 25.7 Å². The molecule has 8 nitrogen and oxygen atoms in total. The van der Waals surface area contributed by atoms with E-state index in [1.807, 2.05) is 47.7 Å². The maximum atomic E-state index is 13.1. The number of fused-ring (bicyclic) bond motifs is 1. The normalized spacial score (nSPS) is 15.4. The number of piperidine rings is 1. The molecular formula is C27H37N5O3. The highest BCUT2D eigenvalue weighted by Gasteiger charge is 2.30. The summed E-state index contributed by atoms with van der Waals surface area (Å²) >= 11 is 0. The van der Waals surface area contributed by atoms with E-state index in [1.54, 1.807) is 7.11 Å². The molecule has 0 aliphatic carbocycles. The number of nitrogens with one attached hydrogen (secondary N) is 2. The third-order valence-corrected chi connectivity index (χ3v) is 7.51. The summed E-state index contributed by atoms with van der Waals surface area (Å²) in [6.07, 6.45) is 2.45. The van der Waals surface area contributed by atoms with Gasteiger partial charge < -0.3 is 19.9 Å². The number of aryl methyl sites for hydroxylation is 2. The van der Waals surface area contributed by atoms with Crippen molar-refractivity contribution >= 4 is 22.7 Å². The average molecular weight is 480 g/mol. The summed E-state index contributed by atoms with van der Waals surface area (Å²) in [5.74, 6) is 1.06. The summed E-state index contributed by atoms with van der Waals surface area (Å²) in [5, 5.41) is 8.67. The lowest BCUT2D eigenvalue weighted by atomic mass is 9.84. The van der Waals surface area contributed by atoms with Crippen LogP contribution in [0.25, 0.3) is 10.9 Å². The van der Waals surface area contributed by atoms with Gasteiger partial charge in [-0.05, 0) is 69.7 Å². The van der Waals surface area contributed by atoms with Crippen molar-refractivity contribution in [1.29, 1.82) is 0 Å². The van der Waals surface area contributed by atoms with Crippen LogP contribution in [-0.2, 0) is 17.8 Å². The number of ether oxygens (including phenoxy) is 1. The lowest BCUT2D eigenvalue weighted by Crippen LogP contribution is -2.43. The zero-order valence-electron chi connectivity index (χ0n) is 21.5. The van der Waals surface area contributed by atoms with Crippen molar-refractivity contribution in [2.45, 2.75) is 53.5 Å². The van der Waals surface area contributed by atoms with E-state index < -0.39 is 0 Å². The number of aromatic nitrogens is 3. The molecule has 0 radical (unpaired) electrons. The molecule has 8 heteroatoms. The minimum Gasteiger partial charge on any atom is -0.497 e. The van der Waals surface area contributed by atoms with E-state index in [1.165, 1.54) is 11.3 Å². The summed E-state index contributed by atoms with van der Waals surface area (Å²) in [7, 11) is 1.63. The fourth-order valence-corrected chi connectivity index (χ4v) is 5.21. The topological polar surface area (TPSA) is 92.2 Å². The van der Waals surface area contributed by atoms with Gasteiger partial charge in [0.1, 0.15) is 11.4 Å². The van der Waals surface area contributed by atoms with Gasteiger partial charge in [0.15, 0.2) is 0 Å². The fraction of sp³-hybridized carbons (Fsp3) is 0.519. The van der Waals surface area contributed by atoms with Crippen LogP contribution in [0.15, 0.2) is 24.3 Å². The van der Waals surface area contributed by atoms with E-state index in [9.17, 15) is 9.59 Å². The summed E-state index contributed by atoms with van der Waals surface area (Å²) in [6, 6.07) is 7.64. The monoisotopic (exact) mass is 479 g/mol. The predicted molar refractivity (Wildman–Crippen MR) is 137 cm³/mol. The number of hydrogen-bond acceptors (Lipinski definition) is 4. The van der Waals surface area contributed by atoms with E-state index in [2.05, 4.69) is 29.2 Å². The molecule has 1 aromatic carbocycles. The van der Waals surface area contributed by atoms with Gasteiger partial charge >= 0.3 is 0 Å². The van der Waals surface area contributed by atoms with Gasteiger partial charge in [0.05, 0.1) is 12.8 Å². The van der Waals surface area contributed by atoms with Crippen LogP contribution in [-0.4, -0.2) is 58.2 Å². The van der Waals surface area contributed by atoms with Crippen LogP contribution < -0.4 is 10.1 Å². The highest BCUT2D eigenvalue weighted by molar-refractivity contribution is 5.98. The number of benzene rings is 1. The Labute approximate surface area is 207 Å². The van der Waals surface area contributed by atoms with Gasteiger partial charge in [0.2, 0.25) is 5.91 Å². The van der Waals surface area contributed by atoms with Crippen molar-refractivity contribution < 1.29 is 14.3 Å². The second-order valence-corrected chi connectivity index (χ2v) is 9.56. The Kier molecular flexibility index (Phi) is 7.48. The average Bonchev–Trinajstić information content (AvgIpc) is 3.43. The van der Waals surface area contributed by atoms with Crippen molar-refractivity contribution in [2.24, 2.45) is 11.8 Å². The molecule has 1 fully saturated rings. The van der Waals surface area contributed by atoms with Gasteiger partial charge in [0, 0.05) is 54.8 Å². The second kappa shape index (κ2) is 10.5. The largest absolute Gasteiger partial charge is 0.497 e. The molecule has 2 N–H and O–H groups in total. The van der Waals surface area contributed by atoms with Crippen molar-refractivity contribution in [2.75, 3.05) is 26.7 Å². The Bertz CT molecular complexity index is 1200. The molecule has 188 valence electrons. The lowest BCUT2D eigenvalue weighted by Gasteiger charge is -2.34. The second-order valence-electron chi connectivity index (χ2n) is 9.56. The molecule has 3 heterocycles. The molecule has 1 aliphatic rings. The number of methoxy groups -OCH3 is 1. The number of aromatic amines is 1. The molecular weight excluding hydrogens is 442 g/mol. The van der Waals surface area contributed by atoms with Crippen molar-refractivity contribution in [1.82, 2.24) is 25.0 Å². The lowest BCUT2D eigenvalue weighted by molar-refractivity contribution is -0.126. The fourth-order valence-electron chi connectivity index (χ4n) is 5.21. The third kappa shape index (κ3) is 5.21. The van der Waals surface area contributed by atoms with E-state index in [4.69, 9.17) is 4.74 Å². The van der Waals surface area contributed by atoms with Gasteiger partial charge in [-0.15, -0.1) is 0 Å². The molecule has 1 saturated heterocycles. The molecule has 4 rings (SSSR count). The molecule has 3 aromatic rings. The van der Waals surface area contributed by atoms with Crippen molar-refractivity contribution in [3.8, 4) is 5.75 Å². The molecule has 0 spiro atoms. The van der Waals surface area contributed by atoms with Gasteiger partial charge in [-0.2, -0.15) is 5.10 Å². The SMILES string of the molecule is CCn1nc(C)c(CCNC(=O)[C@H](C)C2CCN(C(=O)c3cc4ccc(OC)cc4[nH]3)CC2)c1C. The van der Waals surface area contributed by atoms with E-state index >= 15 is 0 Å². The Morgan fingerprint density at radius 3 is 2.63 bits per heavy atom. The summed E-state index contributed by atoms with van der Waals surface area (Å²) in [6.45, 7) is 11.0. The van der Waals surface area contributed by atoms with Crippen LogP contribution in [0.1, 0.15) is 54.1 Å². The highest BCUT2D eigenvalue weighted by Crippen LogP contribution is 2.27. The van der Waals surface area contributed by atoms with Crippen LogP contribution in [0.5, 0.6) is 5.75 Å². The zero-order valence-corrected chi connectivity index (χ0v) is 21.5. The molecule has 0 saturated carbocycles. The quantitative estimate of drug-likeness (QED) is 0.513. The van der Waals surface area contributed by atoms with Crippen LogP contribution in [0.4, 0.5) is 0 Å². The maximum Gasteiger partial charge on any atom is 0.270 e. The van der Waals surface area contributed by atoms with E-state index in [-0.39, 0.29) is 23.7 Å². The summed E-state index contributed by atoms with van der Waals surface area (Å²) < 4.78 is 7.28. The molecule has 2 aromatic heterocycles. The molecule has 35 heavy (non-hydrogen) atoms. The third-order valence-electron chi connectivity index (χ3n) is 7.51. The zero-order chi connectivity index (χ0) is 25.1. The first kappa shape index (κ1) is 24.8. The predicted octanol–water partition coefficient (Wildman–Crippen LogP) is 3.86. The number of hydrogen-bond donors (Lipinski definition) is 2. The van der Waals surface area contributed by atoms with Crippen molar-refractivity contribution in [3.05, 3.63) is 46.9 Å². The van der Waals surface area contributed by atoms with Crippen molar-refractivity contribution in [3.63, 3.8) is 0 Å².